The number of carbonyl (C=O) groups is 1. The van der Waals surface area contributed by atoms with Crippen LogP contribution in [0.4, 0.5) is 5.82 Å². The Hall–Kier alpha value is -1.17. The number of halogens is 1. The Kier molecular flexibility index (Phi) is 2.97. The summed E-state index contributed by atoms with van der Waals surface area (Å²) in [6, 6.07) is 1.89. The van der Waals surface area contributed by atoms with E-state index in [-0.39, 0.29) is 5.91 Å². The first-order chi connectivity index (χ1) is 8.63. The van der Waals surface area contributed by atoms with E-state index in [2.05, 4.69) is 25.9 Å². The molecule has 0 spiro atoms. The van der Waals surface area contributed by atoms with E-state index < -0.39 is 0 Å². The van der Waals surface area contributed by atoms with Crippen molar-refractivity contribution in [2.75, 3.05) is 31.6 Å². The second-order valence-electron chi connectivity index (χ2n) is 4.92. The number of hydrogen-bond donors (Lipinski definition) is 0. The number of hydrogen-bond acceptors (Lipinski definition) is 4. The van der Waals surface area contributed by atoms with Crippen LogP contribution in [0.5, 0.6) is 0 Å². The van der Waals surface area contributed by atoms with Crippen molar-refractivity contribution in [2.24, 2.45) is 0 Å². The largest absolute Gasteiger partial charge is 0.345 e. The molecule has 2 aliphatic rings. The quantitative estimate of drug-likeness (QED) is 0.775. The number of carbonyl (C=O) groups excluding carboxylic acids is 1. The molecule has 1 saturated carbocycles. The first-order valence-electron chi connectivity index (χ1n) is 6.17. The van der Waals surface area contributed by atoms with Gasteiger partial charge in [-0.1, -0.05) is 0 Å². The smallest absolute Gasteiger partial charge is 0.241 e. The number of aromatic nitrogens is 2. The number of nitrogens with zero attached hydrogens (tertiary/aromatic N) is 4. The van der Waals surface area contributed by atoms with Crippen LogP contribution < -0.4 is 4.90 Å². The zero-order valence-electron chi connectivity index (χ0n) is 10.3. The standard InChI is InChI=1S/C12H15BrN4O/c1-16-4-5-17(7-11(16)18)10-6-9(13)14-12(15-10)8-2-3-8/h6,8H,2-5,7H2,1H3. The Bertz CT molecular complexity index is 489. The molecule has 6 heteroatoms. The summed E-state index contributed by atoms with van der Waals surface area (Å²) >= 11 is 3.43. The summed E-state index contributed by atoms with van der Waals surface area (Å²) in [4.78, 5) is 24.5. The van der Waals surface area contributed by atoms with Gasteiger partial charge in [0.25, 0.3) is 0 Å². The van der Waals surface area contributed by atoms with Crippen LogP contribution in [-0.4, -0.2) is 47.5 Å². The SMILES string of the molecule is CN1CCN(c2cc(Br)nc(C3CC3)n2)CC1=O. The molecule has 1 aliphatic carbocycles. The van der Waals surface area contributed by atoms with Crippen molar-refractivity contribution in [2.45, 2.75) is 18.8 Å². The van der Waals surface area contributed by atoms with Gasteiger partial charge in [-0.2, -0.15) is 0 Å². The maximum Gasteiger partial charge on any atom is 0.241 e. The third-order valence-electron chi connectivity index (χ3n) is 3.42. The molecule has 1 aromatic rings. The Balaban J connectivity index is 1.85. The topological polar surface area (TPSA) is 49.3 Å². The van der Waals surface area contributed by atoms with Crippen molar-refractivity contribution in [3.63, 3.8) is 0 Å². The molecule has 1 amide bonds. The fourth-order valence-corrected chi connectivity index (χ4v) is 2.45. The summed E-state index contributed by atoms with van der Waals surface area (Å²) in [5.41, 5.74) is 0. The van der Waals surface area contributed by atoms with Crippen LogP contribution in [0.25, 0.3) is 0 Å². The van der Waals surface area contributed by atoms with E-state index in [9.17, 15) is 4.79 Å². The van der Waals surface area contributed by atoms with Gasteiger partial charge in [-0.3, -0.25) is 4.79 Å². The van der Waals surface area contributed by atoms with Gasteiger partial charge in [0.15, 0.2) is 0 Å². The van der Waals surface area contributed by atoms with Gasteiger partial charge in [0.1, 0.15) is 16.2 Å². The van der Waals surface area contributed by atoms with Gasteiger partial charge in [-0.25, -0.2) is 9.97 Å². The second-order valence-corrected chi connectivity index (χ2v) is 5.73. The maximum atomic E-state index is 11.7. The van der Waals surface area contributed by atoms with Crippen LogP contribution in [0, 0.1) is 0 Å². The zero-order valence-corrected chi connectivity index (χ0v) is 11.9. The van der Waals surface area contributed by atoms with Crippen molar-refractivity contribution in [1.82, 2.24) is 14.9 Å². The molecule has 0 radical (unpaired) electrons. The molecule has 3 rings (SSSR count). The molecule has 0 atom stereocenters. The van der Waals surface area contributed by atoms with Crippen molar-refractivity contribution < 1.29 is 4.79 Å². The molecule has 0 aromatic carbocycles. The minimum atomic E-state index is 0.143. The Labute approximate surface area is 114 Å². The minimum absolute atomic E-state index is 0.143. The molecule has 0 bridgehead atoms. The van der Waals surface area contributed by atoms with Crippen LogP contribution in [0.1, 0.15) is 24.6 Å². The van der Waals surface area contributed by atoms with Crippen LogP contribution in [-0.2, 0) is 4.79 Å². The average Bonchev–Trinajstić information content (AvgIpc) is 3.16. The lowest BCUT2D eigenvalue weighted by Crippen LogP contribution is -2.48. The molecule has 96 valence electrons. The molecule has 2 heterocycles. The minimum Gasteiger partial charge on any atom is -0.345 e. The molecule has 1 saturated heterocycles. The number of anilines is 1. The van der Waals surface area contributed by atoms with Gasteiger partial charge in [0.2, 0.25) is 5.91 Å². The second kappa shape index (κ2) is 4.50. The number of rotatable bonds is 2. The summed E-state index contributed by atoms with van der Waals surface area (Å²) in [6.45, 7) is 1.99. The monoisotopic (exact) mass is 310 g/mol. The van der Waals surface area contributed by atoms with Crippen molar-refractivity contribution >= 4 is 27.7 Å². The molecule has 2 fully saturated rings. The lowest BCUT2D eigenvalue weighted by Gasteiger charge is -2.32. The van der Waals surface area contributed by atoms with Gasteiger partial charge in [0.05, 0.1) is 6.54 Å². The van der Waals surface area contributed by atoms with Crippen molar-refractivity contribution in [3.05, 3.63) is 16.5 Å². The third kappa shape index (κ3) is 2.34. The van der Waals surface area contributed by atoms with E-state index in [1.807, 2.05) is 18.0 Å². The lowest BCUT2D eigenvalue weighted by atomic mass is 10.3. The average molecular weight is 311 g/mol. The van der Waals surface area contributed by atoms with Crippen LogP contribution in [0.15, 0.2) is 10.7 Å². The molecule has 5 nitrogen and oxygen atoms in total. The number of amides is 1. The molecular weight excluding hydrogens is 296 g/mol. The normalized spacial score (nSPS) is 20.4. The van der Waals surface area contributed by atoms with Gasteiger partial charge >= 0.3 is 0 Å². The lowest BCUT2D eigenvalue weighted by molar-refractivity contribution is -0.129. The summed E-state index contributed by atoms with van der Waals surface area (Å²) in [5, 5.41) is 0. The summed E-state index contributed by atoms with van der Waals surface area (Å²) in [7, 11) is 1.84. The molecule has 1 aromatic heterocycles. The molecule has 0 unspecified atom stereocenters. The molecular formula is C12H15BrN4O. The Morgan fingerprint density at radius 2 is 2.11 bits per heavy atom. The highest BCUT2D eigenvalue weighted by atomic mass is 79.9. The van der Waals surface area contributed by atoms with E-state index in [1.165, 1.54) is 12.8 Å². The zero-order chi connectivity index (χ0) is 12.7. The first-order valence-corrected chi connectivity index (χ1v) is 6.96. The summed E-state index contributed by atoms with van der Waals surface area (Å²) < 4.78 is 0.806. The predicted molar refractivity (Wildman–Crippen MR) is 71.6 cm³/mol. The van der Waals surface area contributed by atoms with Crippen molar-refractivity contribution in [3.8, 4) is 0 Å². The number of likely N-dealkylation sites (N-methyl/N-ethyl adjacent to an activating group) is 1. The summed E-state index contributed by atoms with van der Waals surface area (Å²) in [5.74, 6) is 2.43. The van der Waals surface area contributed by atoms with E-state index >= 15 is 0 Å². The Morgan fingerprint density at radius 1 is 1.33 bits per heavy atom. The fourth-order valence-electron chi connectivity index (χ4n) is 2.06. The van der Waals surface area contributed by atoms with Gasteiger partial charge < -0.3 is 9.80 Å². The highest BCUT2D eigenvalue weighted by Crippen LogP contribution is 2.39. The van der Waals surface area contributed by atoms with Gasteiger partial charge in [-0.15, -0.1) is 0 Å². The van der Waals surface area contributed by atoms with E-state index in [1.54, 1.807) is 4.90 Å². The molecule has 1 aliphatic heterocycles. The Morgan fingerprint density at radius 3 is 2.78 bits per heavy atom. The van der Waals surface area contributed by atoms with Gasteiger partial charge in [-0.05, 0) is 28.8 Å². The molecule has 0 N–H and O–H groups in total. The third-order valence-corrected chi connectivity index (χ3v) is 3.83. The van der Waals surface area contributed by atoms with Crippen LogP contribution in [0.3, 0.4) is 0 Å². The number of piperazine rings is 1. The van der Waals surface area contributed by atoms with Crippen LogP contribution >= 0.6 is 15.9 Å². The molecule has 18 heavy (non-hydrogen) atoms. The van der Waals surface area contributed by atoms with Crippen molar-refractivity contribution in [1.29, 1.82) is 0 Å². The van der Waals surface area contributed by atoms with E-state index in [0.717, 1.165) is 29.3 Å². The fraction of sp³-hybridized carbons (Fsp3) is 0.583. The first kappa shape index (κ1) is 11.9. The predicted octanol–water partition coefficient (Wildman–Crippen LogP) is 1.39. The van der Waals surface area contributed by atoms with Crippen LogP contribution in [0.2, 0.25) is 0 Å². The maximum absolute atomic E-state index is 11.7. The van der Waals surface area contributed by atoms with E-state index in [0.29, 0.717) is 12.5 Å². The highest BCUT2D eigenvalue weighted by molar-refractivity contribution is 9.10. The van der Waals surface area contributed by atoms with Gasteiger partial charge in [0, 0.05) is 32.1 Å². The summed E-state index contributed by atoms with van der Waals surface area (Å²) in [6.07, 6.45) is 2.36. The highest BCUT2D eigenvalue weighted by Gasteiger charge is 2.29. The van der Waals surface area contributed by atoms with E-state index in [4.69, 9.17) is 0 Å².